The van der Waals surface area contributed by atoms with Gasteiger partial charge in [-0.1, -0.05) is 19.9 Å². The van der Waals surface area contributed by atoms with Gasteiger partial charge in [-0.2, -0.15) is 0 Å². The highest BCUT2D eigenvalue weighted by Gasteiger charge is 2.36. The number of carbonyl (C=O) groups excluding carboxylic acids is 2. The lowest BCUT2D eigenvalue weighted by molar-refractivity contribution is -0.161. The Balaban J connectivity index is 2.52. The van der Waals surface area contributed by atoms with Gasteiger partial charge in [0.05, 0.1) is 12.0 Å². The number of phenols is 2. The Bertz CT molecular complexity index is 688. The van der Waals surface area contributed by atoms with Crippen LogP contribution in [0.1, 0.15) is 39.4 Å². The molecule has 1 heterocycles. The van der Waals surface area contributed by atoms with E-state index < -0.39 is 30.0 Å². The predicted octanol–water partition coefficient (Wildman–Crippen LogP) is 2.48. The summed E-state index contributed by atoms with van der Waals surface area (Å²) in [5.41, 5.74) is 0.878. The fourth-order valence-electron chi connectivity index (χ4n) is 3.14. The van der Waals surface area contributed by atoms with Crippen LogP contribution in [0.3, 0.4) is 0 Å². The molecule has 0 bridgehead atoms. The molecule has 0 saturated heterocycles. The Morgan fingerprint density at radius 3 is 2.08 bits per heavy atom. The number of cyclic esters (lactones) is 1. The molecule has 0 amide bonds. The predicted molar refractivity (Wildman–Crippen MR) is 90.9 cm³/mol. The molecule has 0 aliphatic carbocycles. The second-order valence-corrected chi connectivity index (χ2v) is 6.78. The summed E-state index contributed by atoms with van der Waals surface area (Å²) in [6, 6.07) is 3.97. The number of hydrogen-bond donors (Lipinski definition) is 3. The highest BCUT2D eigenvalue weighted by Crippen LogP contribution is 2.35. The van der Waals surface area contributed by atoms with E-state index in [9.17, 15) is 24.9 Å². The molecule has 0 radical (unpaired) electrons. The number of ketones is 1. The van der Waals surface area contributed by atoms with Crippen molar-refractivity contribution in [3.8, 4) is 11.5 Å². The quantitative estimate of drug-likeness (QED) is 0.674. The lowest BCUT2D eigenvalue weighted by atomic mass is 9.85. The van der Waals surface area contributed by atoms with Crippen LogP contribution in [0.2, 0.25) is 0 Å². The number of allylic oxidation sites excluding steroid dienone is 1. The van der Waals surface area contributed by atoms with E-state index >= 15 is 0 Å². The maximum absolute atomic E-state index is 12.5. The zero-order chi connectivity index (χ0) is 18.9. The van der Waals surface area contributed by atoms with Gasteiger partial charge in [0, 0.05) is 23.5 Å². The van der Waals surface area contributed by atoms with Crippen LogP contribution in [0.5, 0.6) is 11.5 Å². The average molecular weight is 348 g/mol. The van der Waals surface area contributed by atoms with E-state index in [0.29, 0.717) is 11.1 Å². The molecule has 136 valence electrons. The van der Waals surface area contributed by atoms with Crippen LogP contribution in [-0.4, -0.2) is 33.2 Å². The monoisotopic (exact) mass is 348 g/mol. The summed E-state index contributed by atoms with van der Waals surface area (Å²) in [4.78, 5) is 24.9. The summed E-state index contributed by atoms with van der Waals surface area (Å²) in [5.74, 6) is -3.15. The molecule has 6 nitrogen and oxygen atoms in total. The molecule has 1 aliphatic rings. The Hall–Kier alpha value is -2.34. The number of aliphatic hydroxyl groups excluding tert-OH is 1. The van der Waals surface area contributed by atoms with Gasteiger partial charge in [0.15, 0.2) is 5.78 Å². The van der Waals surface area contributed by atoms with E-state index in [2.05, 4.69) is 0 Å². The van der Waals surface area contributed by atoms with Crippen molar-refractivity contribution < 1.29 is 29.6 Å². The number of aromatic hydroxyl groups is 2. The molecule has 0 aromatic heterocycles. The van der Waals surface area contributed by atoms with Crippen molar-refractivity contribution in [1.82, 2.24) is 0 Å². The molecular formula is C19H24O6. The van der Waals surface area contributed by atoms with Crippen LogP contribution in [0.25, 0.3) is 0 Å². The number of phenolic OH excluding ortho intramolecular Hbond substituents is 2. The molecule has 25 heavy (non-hydrogen) atoms. The first-order chi connectivity index (χ1) is 11.6. The smallest absolute Gasteiger partial charge is 0.311 e. The summed E-state index contributed by atoms with van der Waals surface area (Å²) in [5, 5.41) is 29.7. The van der Waals surface area contributed by atoms with Crippen molar-refractivity contribution >= 4 is 11.8 Å². The second kappa shape index (κ2) is 7.27. The summed E-state index contributed by atoms with van der Waals surface area (Å²) in [7, 11) is 0. The van der Waals surface area contributed by atoms with Gasteiger partial charge in [-0.05, 0) is 31.6 Å². The van der Waals surface area contributed by atoms with E-state index in [4.69, 9.17) is 4.74 Å². The topological polar surface area (TPSA) is 104 Å². The maximum atomic E-state index is 12.5. The Morgan fingerprint density at radius 1 is 0.960 bits per heavy atom. The summed E-state index contributed by atoms with van der Waals surface area (Å²) in [6.07, 6.45) is -0.285. The number of ether oxygens (including phenoxy) is 1. The third-order valence-corrected chi connectivity index (χ3v) is 4.69. The second-order valence-electron chi connectivity index (χ2n) is 6.78. The molecule has 1 aromatic rings. The van der Waals surface area contributed by atoms with E-state index in [-0.39, 0.29) is 23.2 Å². The molecule has 0 spiro atoms. The number of esters is 1. The minimum atomic E-state index is -1.16. The van der Waals surface area contributed by atoms with Crippen LogP contribution < -0.4 is 0 Å². The Labute approximate surface area is 146 Å². The molecule has 6 heteroatoms. The fourth-order valence-corrected chi connectivity index (χ4v) is 3.14. The SMILES string of the molecule is CC1=C[C@@H](C)[C@@H](c2cc(O)cc(O)c2)OC(=O)[C@H](C)[C@H](O)[C@H](C)C1=O. The van der Waals surface area contributed by atoms with Crippen molar-refractivity contribution in [2.24, 2.45) is 17.8 Å². The third kappa shape index (κ3) is 4.02. The first-order valence-electron chi connectivity index (χ1n) is 8.26. The highest BCUT2D eigenvalue weighted by atomic mass is 16.5. The minimum absolute atomic E-state index is 0.158. The van der Waals surface area contributed by atoms with E-state index in [1.54, 1.807) is 26.8 Å². The largest absolute Gasteiger partial charge is 0.508 e. The maximum Gasteiger partial charge on any atom is 0.311 e. The minimum Gasteiger partial charge on any atom is -0.508 e. The molecule has 1 aliphatic heterocycles. The van der Waals surface area contributed by atoms with Crippen LogP contribution in [0.4, 0.5) is 0 Å². The van der Waals surface area contributed by atoms with Crippen molar-refractivity contribution in [2.75, 3.05) is 0 Å². The van der Waals surface area contributed by atoms with Crippen molar-refractivity contribution in [3.05, 3.63) is 35.4 Å². The lowest BCUT2D eigenvalue weighted by Gasteiger charge is -2.30. The van der Waals surface area contributed by atoms with Crippen LogP contribution in [-0.2, 0) is 14.3 Å². The summed E-state index contributed by atoms with van der Waals surface area (Å²) in [6.45, 7) is 6.54. The Morgan fingerprint density at radius 2 is 1.52 bits per heavy atom. The molecule has 0 fully saturated rings. The van der Waals surface area contributed by atoms with E-state index in [1.165, 1.54) is 25.1 Å². The fraction of sp³-hybridized carbons (Fsp3) is 0.474. The van der Waals surface area contributed by atoms with Gasteiger partial charge >= 0.3 is 5.97 Å². The summed E-state index contributed by atoms with van der Waals surface area (Å²) >= 11 is 0. The lowest BCUT2D eigenvalue weighted by Crippen LogP contribution is -2.38. The van der Waals surface area contributed by atoms with Crippen LogP contribution in [0, 0.1) is 17.8 Å². The van der Waals surface area contributed by atoms with Gasteiger partial charge in [0.1, 0.15) is 17.6 Å². The molecule has 2 rings (SSSR count). The molecular weight excluding hydrogens is 324 g/mol. The van der Waals surface area contributed by atoms with Gasteiger partial charge in [0.25, 0.3) is 0 Å². The highest BCUT2D eigenvalue weighted by molar-refractivity contribution is 5.97. The van der Waals surface area contributed by atoms with Crippen LogP contribution >= 0.6 is 0 Å². The number of carbonyl (C=O) groups is 2. The molecule has 3 N–H and O–H groups in total. The number of aliphatic hydroxyl groups is 1. The normalized spacial score (nSPS) is 31.2. The standard InChI is InChI=1S/C19H24O6/c1-9-5-10(2)18(13-6-14(20)8-15(21)7-13)25-19(24)12(4)17(23)11(3)16(9)22/h5-8,10-12,17-18,20-21,23H,1-4H3/t10-,11-,12-,17-,18+/m1/s1. The Kier molecular flexibility index (Phi) is 5.52. The van der Waals surface area contributed by atoms with Gasteiger partial charge < -0.3 is 20.1 Å². The van der Waals surface area contributed by atoms with Crippen molar-refractivity contribution in [1.29, 1.82) is 0 Å². The zero-order valence-corrected chi connectivity index (χ0v) is 14.8. The molecule has 1 aromatic carbocycles. The van der Waals surface area contributed by atoms with Gasteiger partial charge in [-0.3, -0.25) is 9.59 Å². The third-order valence-electron chi connectivity index (χ3n) is 4.69. The van der Waals surface area contributed by atoms with E-state index in [1.807, 2.05) is 0 Å². The first kappa shape index (κ1) is 19.0. The van der Waals surface area contributed by atoms with Crippen molar-refractivity contribution in [2.45, 2.75) is 39.9 Å². The molecule has 0 unspecified atom stereocenters. The van der Waals surface area contributed by atoms with Crippen molar-refractivity contribution in [3.63, 3.8) is 0 Å². The number of hydrogen-bond acceptors (Lipinski definition) is 6. The average Bonchev–Trinajstić information content (AvgIpc) is 2.54. The summed E-state index contributed by atoms with van der Waals surface area (Å²) < 4.78 is 5.57. The number of Topliss-reactive ketones (excluding diaryl/α,β-unsaturated/α-hetero) is 1. The number of benzene rings is 1. The van der Waals surface area contributed by atoms with Gasteiger partial charge in [-0.25, -0.2) is 0 Å². The molecule has 0 saturated carbocycles. The van der Waals surface area contributed by atoms with Gasteiger partial charge in [-0.15, -0.1) is 0 Å². The van der Waals surface area contributed by atoms with Gasteiger partial charge in [0.2, 0.25) is 0 Å². The first-order valence-corrected chi connectivity index (χ1v) is 8.26. The zero-order valence-electron chi connectivity index (χ0n) is 14.8. The van der Waals surface area contributed by atoms with E-state index in [0.717, 1.165) is 0 Å². The number of rotatable bonds is 1. The van der Waals surface area contributed by atoms with Crippen LogP contribution in [0.15, 0.2) is 29.8 Å². The molecule has 5 atom stereocenters.